The van der Waals surface area contributed by atoms with E-state index in [1.54, 1.807) is 14.0 Å². The van der Waals surface area contributed by atoms with E-state index in [1.165, 1.54) is 10.7 Å². The Kier molecular flexibility index (Phi) is 4.71. The highest BCUT2D eigenvalue weighted by Gasteiger charge is 2.28. The van der Waals surface area contributed by atoms with Crippen molar-refractivity contribution in [2.75, 3.05) is 6.61 Å². The van der Waals surface area contributed by atoms with Crippen molar-refractivity contribution in [2.24, 2.45) is 7.05 Å². The van der Waals surface area contributed by atoms with Gasteiger partial charge in [0.25, 0.3) is 5.91 Å². The van der Waals surface area contributed by atoms with Crippen LogP contribution in [0.5, 0.6) is 5.88 Å². The number of rotatable bonds is 5. The lowest BCUT2D eigenvalue weighted by Crippen LogP contribution is -2.29. The van der Waals surface area contributed by atoms with Gasteiger partial charge in [0.15, 0.2) is 18.1 Å². The van der Waals surface area contributed by atoms with Crippen molar-refractivity contribution in [3.05, 3.63) is 23.7 Å². The Morgan fingerprint density at radius 3 is 2.61 bits per heavy atom. The van der Waals surface area contributed by atoms with Crippen LogP contribution in [0.25, 0.3) is 0 Å². The maximum atomic E-state index is 12.0. The van der Waals surface area contributed by atoms with Crippen molar-refractivity contribution in [2.45, 2.75) is 19.1 Å². The number of carbonyl (C=O) groups excluding carboxylic acids is 1. The molecule has 12 heteroatoms. The summed E-state index contributed by atoms with van der Waals surface area (Å²) in [5, 5.41) is 20.4. The first-order valence-electron chi connectivity index (χ1n) is 6.32. The van der Waals surface area contributed by atoms with E-state index in [2.05, 4.69) is 35.8 Å². The normalized spacial score (nSPS) is 12.7. The van der Waals surface area contributed by atoms with E-state index in [0.717, 1.165) is 6.07 Å². The van der Waals surface area contributed by atoms with E-state index in [4.69, 9.17) is 0 Å². The summed E-state index contributed by atoms with van der Waals surface area (Å²) in [5.41, 5.74) is -0.0775. The van der Waals surface area contributed by atoms with E-state index in [1.807, 2.05) is 0 Å². The van der Waals surface area contributed by atoms with Gasteiger partial charge in [0, 0.05) is 13.1 Å². The number of hydrogen-bond acceptors (Lipinski definition) is 7. The fourth-order valence-electron chi connectivity index (χ4n) is 1.61. The maximum absolute atomic E-state index is 12.0. The van der Waals surface area contributed by atoms with Crippen LogP contribution in [-0.2, 0) is 7.05 Å². The van der Waals surface area contributed by atoms with Gasteiger partial charge in [-0.1, -0.05) is 0 Å². The average molecular weight is 331 g/mol. The van der Waals surface area contributed by atoms with Crippen molar-refractivity contribution in [3.8, 4) is 5.88 Å². The third-order valence-corrected chi connectivity index (χ3v) is 2.64. The van der Waals surface area contributed by atoms with E-state index in [-0.39, 0.29) is 11.6 Å². The Morgan fingerprint density at radius 2 is 2.09 bits per heavy atom. The number of halogens is 3. The lowest BCUT2D eigenvalue weighted by Gasteiger charge is -2.11. The summed E-state index contributed by atoms with van der Waals surface area (Å²) in [4.78, 5) is 12.0. The summed E-state index contributed by atoms with van der Waals surface area (Å²) in [7, 11) is 1.62. The highest BCUT2D eigenvalue weighted by atomic mass is 19.4. The standard InChI is InChI=1S/C11H12F3N7O2/c1-6(9-18-19-20-21(9)2)15-10(22)7-3-4-8(17-16-7)23-5-11(12,13)14/h3-4,6H,5H2,1-2H3,(H,15,22). The van der Waals surface area contributed by atoms with Gasteiger partial charge >= 0.3 is 6.18 Å². The number of nitrogens with one attached hydrogen (secondary N) is 1. The molecule has 1 N–H and O–H groups in total. The van der Waals surface area contributed by atoms with Crippen LogP contribution in [0, 0.1) is 0 Å². The molecular weight excluding hydrogens is 319 g/mol. The van der Waals surface area contributed by atoms with Gasteiger partial charge in [-0.25, -0.2) is 4.68 Å². The molecule has 1 unspecified atom stereocenters. The van der Waals surface area contributed by atoms with E-state index in [9.17, 15) is 18.0 Å². The second-order valence-electron chi connectivity index (χ2n) is 4.52. The number of amides is 1. The fourth-order valence-corrected chi connectivity index (χ4v) is 1.61. The molecule has 0 spiro atoms. The van der Waals surface area contributed by atoms with E-state index in [0.29, 0.717) is 5.82 Å². The first kappa shape index (κ1) is 16.6. The second kappa shape index (κ2) is 6.54. The summed E-state index contributed by atoms with van der Waals surface area (Å²) in [6.45, 7) is 0.182. The number of hydrogen-bond donors (Lipinski definition) is 1. The summed E-state index contributed by atoms with van der Waals surface area (Å²) in [6, 6.07) is 1.84. The minimum absolute atomic E-state index is 0.0775. The molecule has 0 aliphatic carbocycles. The third-order valence-electron chi connectivity index (χ3n) is 2.64. The highest BCUT2D eigenvalue weighted by Crippen LogP contribution is 2.16. The van der Waals surface area contributed by atoms with Crippen LogP contribution in [0.1, 0.15) is 29.3 Å². The first-order chi connectivity index (χ1) is 10.8. The van der Waals surface area contributed by atoms with Gasteiger partial charge < -0.3 is 10.1 Å². The number of nitrogens with zero attached hydrogens (tertiary/aromatic N) is 6. The molecule has 0 aromatic carbocycles. The Bertz CT molecular complexity index is 671. The Labute approximate surface area is 127 Å². The van der Waals surface area contributed by atoms with Crippen LogP contribution in [0.15, 0.2) is 12.1 Å². The van der Waals surface area contributed by atoms with Gasteiger partial charge in [-0.15, -0.1) is 15.3 Å². The van der Waals surface area contributed by atoms with Gasteiger partial charge in [0.2, 0.25) is 5.88 Å². The quantitative estimate of drug-likeness (QED) is 0.846. The smallest absolute Gasteiger partial charge is 0.422 e. The zero-order valence-electron chi connectivity index (χ0n) is 12.1. The van der Waals surface area contributed by atoms with Crippen molar-refractivity contribution in [1.82, 2.24) is 35.7 Å². The summed E-state index contributed by atoms with van der Waals surface area (Å²) < 4.78 is 41.8. The molecular formula is C11H12F3N7O2. The van der Waals surface area contributed by atoms with Gasteiger partial charge in [-0.2, -0.15) is 13.2 Å². The van der Waals surface area contributed by atoms with E-state index < -0.39 is 24.7 Å². The first-order valence-corrected chi connectivity index (χ1v) is 6.32. The molecule has 2 aromatic rings. The maximum Gasteiger partial charge on any atom is 0.422 e. The molecule has 0 aliphatic rings. The SMILES string of the molecule is CC(NC(=O)c1ccc(OCC(F)(F)F)nn1)c1nnnn1C. The Hall–Kier alpha value is -2.79. The average Bonchev–Trinajstić information content (AvgIpc) is 2.91. The van der Waals surface area contributed by atoms with Crippen molar-refractivity contribution < 1.29 is 22.7 Å². The third kappa shape index (κ3) is 4.59. The Morgan fingerprint density at radius 1 is 1.35 bits per heavy atom. The molecule has 2 rings (SSSR count). The molecule has 124 valence electrons. The molecule has 0 radical (unpaired) electrons. The topological polar surface area (TPSA) is 108 Å². The molecule has 0 saturated carbocycles. The molecule has 23 heavy (non-hydrogen) atoms. The number of aryl methyl sites for hydroxylation is 1. The number of alkyl halides is 3. The number of aromatic nitrogens is 6. The van der Waals surface area contributed by atoms with Crippen LogP contribution in [0.2, 0.25) is 0 Å². The zero-order chi connectivity index (χ0) is 17.0. The van der Waals surface area contributed by atoms with Gasteiger partial charge in [-0.05, 0) is 23.4 Å². The molecule has 1 atom stereocenters. The predicted molar refractivity (Wildman–Crippen MR) is 68.3 cm³/mol. The van der Waals surface area contributed by atoms with Crippen molar-refractivity contribution in [3.63, 3.8) is 0 Å². The summed E-state index contributed by atoms with van der Waals surface area (Å²) in [6.07, 6.45) is -4.47. The summed E-state index contributed by atoms with van der Waals surface area (Å²) >= 11 is 0. The van der Waals surface area contributed by atoms with Crippen LogP contribution < -0.4 is 10.1 Å². The Balaban J connectivity index is 1.96. The molecule has 9 nitrogen and oxygen atoms in total. The van der Waals surface area contributed by atoms with E-state index >= 15 is 0 Å². The molecule has 0 fully saturated rings. The van der Waals surface area contributed by atoms with Crippen molar-refractivity contribution in [1.29, 1.82) is 0 Å². The fraction of sp³-hybridized carbons (Fsp3) is 0.455. The molecule has 0 bridgehead atoms. The van der Waals surface area contributed by atoms with Crippen LogP contribution in [-0.4, -0.2) is 49.1 Å². The number of tetrazole rings is 1. The molecule has 1 amide bonds. The molecule has 0 aliphatic heterocycles. The molecule has 2 aromatic heterocycles. The van der Waals surface area contributed by atoms with Gasteiger partial charge in [0.05, 0.1) is 6.04 Å². The minimum atomic E-state index is -4.47. The van der Waals surface area contributed by atoms with Crippen LogP contribution in [0.3, 0.4) is 0 Å². The highest BCUT2D eigenvalue weighted by molar-refractivity contribution is 5.92. The van der Waals surface area contributed by atoms with Crippen LogP contribution in [0.4, 0.5) is 13.2 Å². The van der Waals surface area contributed by atoms with Gasteiger partial charge in [0.1, 0.15) is 0 Å². The minimum Gasteiger partial charge on any atom is -0.467 e. The number of ether oxygens (including phenoxy) is 1. The molecule has 2 heterocycles. The lowest BCUT2D eigenvalue weighted by atomic mass is 10.3. The zero-order valence-corrected chi connectivity index (χ0v) is 12.1. The number of carbonyl (C=O) groups is 1. The van der Waals surface area contributed by atoms with Gasteiger partial charge in [-0.3, -0.25) is 4.79 Å². The molecule has 0 saturated heterocycles. The lowest BCUT2D eigenvalue weighted by molar-refractivity contribution is -0.154. The van der Waals surface area contributed by atoms with Crippen molar-refractivity contribution >= 4 is 5.91 Å². The van der Waals surface area contributed by atoms with Crippen LogP contribution >= 0.6 is 0 Å². The monoisotopic (exact) mass is 331 g/mol. The second-order valence-corrected chi connectivity index (χ2v) is 4.52. The summed E-state index contributed by atoms with van der Waals surface area (Å²) in [5.74, 6) is -0.476. The predicted octanol–water partition coefficient (Wildman–Crippen LogP) is 0.432. The largest absolute Gasteiger partial charge is 0.467 e.